The number of benzene rings is 1. The average molecular weight is 296 g/mol. The Labute approximate surface area is 130 Å². The Kier molecular flexibility index (Phi) is 4.23. The molecule has 0 saturated carbocycles. The summed E-state index contributed by atoms with van der Waals surface area (Å²) in [7, 11) is 0. The molecule has 1 amide bonds. The molecule has 0 unspecified atom stereocenters. The molecule has 3 N–H and O–H groups in total. The van der Waals surface area contributed by atoms with Crippen LogP contribution in [0.4, 0.5) is 11.5 Å². The average Bonchev–Trinajstić information content (AvgIpc) is 2.57. The van der Waals surface area contributed by atoms with E-state index in [0.29, 0.717) is 11.3 Å². The van der Waals surface area contributed by atoms with E-state index in [-0.39, 0.29) is 11.9 Å². The molecule has 0 atom stereocenters. The van der Waals surface area contributed by atoms with Gasteiger partial charge in [-0.1, -0.05) is 18.2 Å². The van der Waals surface area contributed by atoms with Gasteiger partial charge >= 0.3 is 0 Å². The number of carbonyl (C=O) groups is 1. The third-order valence-corrected chi connectivity index (χ3v) is 4.01. The van der Waals surface area contributed by atoms with Gasteiger partial charge in [-0.25, -0.2) is 4.98 Å². The number of nitrogens with one attached hydrogen (secondary N) is 1. The minimum Gasteiger partial charge on any atom is -0.398 e. The number of amides is 1. The molecule has 5 nitrogen and oxygen atoms in total. The first kappa shape index (κ1) is 14.4. The van der Waals surface area contributed by atoms with Gasteiger partial charge in [-0.05, 0) is 37.1 Å². The largest absolute Gasteiger partial charge is 0.398 e. The molecule has 1 aromatic heterocycles. The van der Waals surface area contributed by atoms with Gasteiger partial charge in [-0.3, -0.25) is 4.79 Å². The molecule has 1 fully saturated rings. The Bertz CT molecular complexity index is 636. The predicted molar refractivity (Wildman–Crippen MR) is 87.8 cm³/mol. The molecule has 22 heavy (non-hydrogen) atoms. The fourth-order valence-corrected chi connectivity index (χ4v) is 2.76. The molecule has 0 aliphatic carbocycles. The maximum Gasteiger partial charge on any atom is 0.253 e. The van der Waals surface area contributed by atoms with Crippen LogP contribution in [0, 0.1) is 0 Å². The minimum absolute atomic E-state index is 0.0885. The highest BCUT2D eigenvalue weighted by Crippen LogP contribution is 2.18. The summed E-state index contributed by atoms with van der Waals surface area (Å²) < 4.78 is 0. The second-order valence-corrected chi connectivity index (χ2v) is 5.51. The van der Waals surface area contributed by atoms with Crippen molar-refractivity contribution in [1.29, 1.82) is 0 Å². The quantitative estimate of drug-likeness (QED) is 0.851. The minimum atomic E-state index is -0.0885. The summed E-state index contributed by atoms with van der Waals surface area (Å²) in [5.74, 6) is 0.911. The number of piperidine rings is 1. The molecule has 0 bridgehead atoms. The van der Waals surface area contributed by atoms with Gasteiger partial charge in [0.1, 0.15) is 5.82 Å². The Morgan fingerprint density at radius 1 is 1.14 bits per heavy atom. The monoisotopic (exact) mass is 296 g/mol. The highest BCUT2D eigenvalue weighted by Gasteiger charge is 2.22. The summed E-state index contributed by atoms with van der Waals surface area (Å²) >= 11 is 0. The van der Waals surface area contributed by atoms with Crippen LogP contribution < -0.4 is 16.0 Å². The topological polar surface area (TPSA) is 71.2 Å². The van der Waals surface area contributed by atoms with Crippen LogP contribution in [-0.4, -0.2) is 30.0 Å². The summed E-state index contributed by atoms with van der Waals surface area (Å²) in [6, 6.07) is 13.3. The molecule has 0 spiro atoms. The molecular weight excluding hydrogens is 276 g/mol. The van der Waals surface area contributed by atoms with Crippen molar-refractivity contribution < 1.29 is 4.79 Å². The lowest BCUT2D eigenvalue weighted by molar-refractivity contribution is 0.0932. The van der Waals surface area contributed by atoms with E-state index in [4.69, 9.17) is 5.73 Å². The van der Waals surface area contributed by atoms with Crippen LogP contribution in [0.1, 0.15) is 23.2 Å². The molecule has 114 valence electrons. The number of para-hydroxylation sites is 1. The van der Waals surface area contributed by atoms with Gasteiger partial charge in [-0.15, -0.1) is 0 Å². The number of nitrogen functional groups attached to an aromatic ring is 1. The van der Waals surface area contributed by atoms with Gasteiger partial charge in [0.15, 0.2) is 0 Å². The van der Waals surface area contributed by atoms with Crippen LogP contribution >= 0.6 is 0 Å². The molecule has 5 heteroatoms. The van der Waals surface area contributed by atoms with E-state index in [9.17, 15) is 4.79 Å². The highest BCUT2D eigenvalue weighted by molar-refractivity contribution is 5.99. The van der Waals surface area contributed by atoms with Crippen LogP contribution in [0.5, 0.6) is 0 Å². The van der Waals surface area contributed by atoms with Crippen molar-refractivity contribution in [2.24, 2.45) is 0 Å². The van der Waals surface area contributed by atoms with Gasteiger partial charge < -0.3 is 16.0 Å². The van der Waals surface area contributed by atoms with Crippen molar-refractivity contribution in [2.75, 3.05) is 23.7 Å². The summed E-state index contributed by atoms with van der Waals surface area (Å²) in [6.07, 6.45) is 3.63. The predicted octanol–water partition coefficient (Wildman–Crippen LogP) is 2.06. The number of aromatic nitrogens is 1. The summed E-state index contributed by atoms with van der Waals surface area (Å²) in [5, 5.41) is 3.08. The molecule has 1 aliphatic rings. The van der Waals surface area contributed by atoms with Crippen LogP contribution in [0.3, 0.4) is 0 Å². The molecule has 2 aromatic rings. The first-order chi connectivity index (χ1) is 10.7. The zero-order valence-corrected chi connectivity index (χ0v) is 12.4. The number of nitrogens with zero attached hydrogens (tertiary/aromatic N) is 2. The Balaban J connectivity index is 1.56. The number of carbonyl (C=O) groups excluding carboxylic acids is 1. The van der Waals surface area contributed by atoms with Gasteiger partial charge in [-0.2, -0.15) is 0 Å². The molecule has 0 radical (unpaired) electrons. The van der Waals surface area contributed by atoms with Crippen molar-refractivity contribution in [1.82, 2.24) is 10.3 Å². The van der Waals surface area contributed by atoms with Gasteiger partial charge in [0.2, 0.25) is 0 Å². The number of rotatable bonds is 3. The fourth-order valence-electron chi connectivity index (χ4n) is 2.76. The molecule has 1 aliphatic heterocycles. The first-order valence-corrected chi connectivity index (χ1v) is 7.55. The van der Waals surface area contributed by atoms with Gasteiger partial charge in [0.05, 0.1) is 5.56 Å². The zero-order chi connectivity index (χ0) is 15.4. The van der Waals surface area contributed by atoms with Gasteiger partial charge in [0.25, 0.3) is 5.91 Å². The summed E-state index contributed by atoms with van der Waals surface area (Å²) in [5.41, 5.74) is 6.92. The van der Waals surface area contributed by atoms with Gasteiger partial charge in [0, 0.05) is 31.0 Å². The normalized spacial score (nSPS) is 15.5. The maximum absolute atomic E-state index is 12.3. The molecule has 2 heterocycles. The first-order valence-electron chi connectivity index (χ1n) is 7.55. The lowest BCUT2D eigenvalue weighted by Gasteiger charge is -2.33. The van der Waals surface area contributed by atoms with Crippen molar-refractivity contribution in [3.05, 3.63) is 54.2 Å². The van der Waals surface area contributed by atoms with E-state index < -0.39 is 0 Å². The van der Waals surface area contributed by atoms with E-state index in [2.05, 4.69) is 15.2 Å². The zero-order valence-electron chi connectivity index (χ0n) is 12.4. The van der Waals surface area contributed by atoms with E-state index in [0.717, 1.165) is 31.7 Å². The SMILES string of the molecule is Nc1ccccc1C(=O)NC1CCN(c2ccccn2)CC1. The molecule has 3 rings (SSSR count). The lowest BCUT2D eigenvalue weighted by atomic mass is 10.0. The fraction of sp³-hybridized carbons (Fsp3) is 0.294. The smallest absolute Gasteiger partial charge is 0.253 e. The van der Waals surface area contributed by atoms with Crippen LogP contribution in [0.15, 0.2) is 48.7 Å². The second-order valence-electron chi connectivity index (χ2n) is 5.51. The summed E-state index contributed by atoms with van der Waals surface area (Å²) in [6.45, 7) is 1.79. The number of nitrogens with two attached hydrogens (primary N) is 1. The maximum atomic E-state index is 12.3. The lowest BCUT2D eigenvalue weighted by Crippen LogP contribution is -2.45. The third-order valence-electron chi connectivity index (χ3n) is 4.01. The van der Waals surface area contributed by atoms with Crippen LogP contribution in [0.2, 0.25) is 0 Å². The molecule has 1 saturated heterocycles. The Morgan fingerprint density at radius 3 is 2.55 bits per heavy atom. The number of anilines is 2. The van der Waals surface area contributed by atoms with E-state index in [1.165, 1.54) is 0 Å². The molecule has 1 aromatic carbocycles. The van der Waals surface area contributed by atoms with Crippen molar-refractivity contribution in [3.8, 4) is 0 Å². The second kappa shape index (κ2) is 6.47. The van der Waals surface area contributed by atoms with Crippen molar-refractivity contribution >= 4 is 17.4 Å². The third kappa shape index (κ3) is 3.19. The van der Waals surface area contributed by atoms with E-state index in [1.54, 1.807) is 18.3 Å². The van der Waals surface area contributed by atoms with Crippen LogP contribution in [-0.2, 0) is 0 Å². The summed E-state index contributed by atoms with van der Waals surface area (Å²) in [4.78, 5) is 18.9. The molecular formula is C17H20N4O. The van der Waals surface area contributed by atoms with Crippen molar-refractivity contribution in [3.63, 3.8) is 0 Å². The highest BCUT2D eigenvalue weighted by atomic mass is 16.1. The Morgan fingerprint density at radius 2 is 1.86 bits per heavy atom. The van der Waals surface area contributed by atoms with E-state index in [1.807, 2.05) is 30.3 Å². The standard InChI is InChI=1S/C17H20N4O/c18-15-6-2-1-5-14(15)17(22)20-13-8-11-21(12-9-13)16-7-3-4-10-19-16/h1-7,10,13H,8-9,11-12,18H2,(H,20,22). The number of pyridine rings is 1. The van der Waals surface area contributed by atoms with E-state index >= 15 is 0 Å². The number of hydrogen-bond acceptors (Lipinski definition) is 4. The Hall–Kier alpha value is -2.56. The number of hydrogen-bond donors (Lipinski definition) is 2. The van der Waals surface area contributed by atoms with Crippen LogP contribution in [0.25, 0.3) is 0 Å². The van der Waals surface area contributed by atoms with Crippen molar-refractivity contribution in [2.45, 2.75) is 18.9 Å².